The highest BCUT2D eigenvalue weighted by Gasteiger charge is 2.63. The summed E-state index contributed by atoms with van der Waals surface area (Å²) in [6.07, 6.45) is 5.58. The van der Waals surface area contributed by atoms with E-state index >= 15 is 0 Å². The molecule has 72 valence electrons. The van der Waals surface area contributed by atoms with Gasteiger partial charge in [0.25, 0.3) is 0 Å². The summed E-state index contributed by atoms with van der Waals surface area (Å²) in [5.74, 6) is 1.40. The van der Waals surface area contributed by atoms with Crippen molar-refractivity contribution >= 4 is 12.1 Å². The van der Waals surface area contributed by atoms with Crippen molar-refractivity contribution in [2.75, 3.05) is 0 Å². The SMILES string of the molecule is C[C@H](CCC=O)[C@@]12CCC(=O)[C@@H]1C2. The topological polar surface area (TPSA) is 34.1 Å². The number of carbonyl (C=O) groups excluding carboxylic acids is 2. The van der Waals surface area contributed by atoms with E-state index in [0.717, 1.165) is 32.0 Å². The second-order valence-corrected chi connectivity index (χ2v) is 4.60. The third-order valence-corrected chi connectivity index (χ3v) is 4.04. The van der Waals surface area contributed by atoms with Crippen LogP contribution in [-0.2, 0) is 9.59 Å². The van der Waals surface area contributed by atoms with Crippen LogP contribution in [0.2, 0.25) is 0 Å². The Morgan fingerprint density at radius 2 is 2.46 bits per heavy atom. The minimum Gasteiger partial charge on any atom is -0.303 e. The first-order valence-electron chi connectivity index (χ1n) is 5.17. The maximum absolute atomic E-state index is 11.3. The van der Waals surface area contributed by atoms with Gasteiger partial charge in [-0.1, -0.05) is 6.92 Å². The summed E-state index contributed by atoms with van der Waals surface area (Å²) in [5, 5.41) is 0. The van der Waals surface area contributed by atoms with Gasteiger partial charge in [-0.3, -0.25) is 4.79 Å². The number of aldehydes is 1. The highest BCUT2D eigenvalue weighted by molar-refractivity contribution is 5.87. The van der Waals surface area contributed by atoms with Gasteiger partial charge in [-0.05, 0) is 30.6 Å². The first kappa shape index (κ1) is 8.92. The van der Waals surface area contributed by atoms with Crippen molar-refractivity contribution in [3.63, 3.8) is 0 Å². The first-order chi connectivity index (χ1) is 6.20. The molecule has 0 radical (unpaired) electrons. The van der Waals surface area contributed by atoms with Gasteiger partial charge in [-0.15, -0.1) is 0 Å². The molecule has 2 rings (SSSR count). The minimum atomic E-state index is 0.333. The van der Waals surface area contributed by atoms with Crippen LogP contribution in [0, 0.1) is 17.3 Å². The third kappa shape index (κ3) is 1.23. The van der Waals surface area contributed by atoms with Crippen LogP contribution in [0.1, 0.15) is 39.0 Å². The molecule has 0 bridgehead atoms. The maximum Gasteiger partial charge on any atom is 0.136 e. The Morgan fingerprint density at radius 3 is 2.92 bits per heavy atom. The summed E-state index contributed by atoms with van der Waals surface area (Å²) >= 11 is 0. The Morgan fingerprint density at radius 1 is 1.69 bits per heavy atom. The summed E-state index contributed by atoms with van der Waals surface area (Å²) < 4.78 is 0. The van der Waals surface area contributed by atoms with Crippen molar-refractivity contribution in [2.45, 2.75) is 39.0 Å². The van der Waals surface area contributed by atoms with Gasteiger partial charge >= 0.3 is 0 Å². The second-order valence-electron chi connectivity index (χ2n) is 4.60. The average molecular weight is 180 g/mol. The summed E-state index contributed by atoms with van der Waals surface area (Å²) in [5.41, 5.74) is 0.333. The van der Waals surface area contributed by atoms with Crippen molar-refractivity contribution in [1.82, 2.24) is 0 Å². The Kier molecular flexibility index (Phi) is 2.01. The Balaban J connectivity index is 1.95. The molecule has 0 aromatic rings. The number of hydrogen-bond acceptors (Lipinski definition) is 2. The number of fused-ring (bicyclic) bond motifs is 1. The molecule has 0 aromatic carbocycles. The molecule has 0 aromatic heterocycles. The molecular weight excluding hydrogens is 164 g/mol. The van der Waals surface area contributed by atoms with Gasteiger partial charge in [-0.25, -0.2) is 0 Å². The van der Waals surface area contributed by atoms with Gasteiger partial charge in [0, 0.05) is 18.8 Å². The van der Waals surface area contributed by atoms with Gasteiger partial charge in [0.05, 0.1) is 0 Å². The van der Waals surface area contributed by atoms with Crippen LogP contribution < -0.4 is 0 Å². The Bertz CT molecular complexity index is 246. The van der Waals surface area contributed by atoms with Gasteiger partial charge in [-0.2, -0.15) is 0 Å². The van der Waals surface area contributed by atoms with Crippen molar-refractivity contribution in [3.8, 4) is 0 Å². The molecule has 0 amide bonds. The van der Waals surface area contributed by atoms with E-state index in [2.05, 4.69) is 6.92 Å². The van der Waals surface area contributed by atoms with Gasteiger partial charge < -0.3 is 4.79 Å². The van der Waals surface area contributed by atoms with Crippen LogP contribution in [-0.4, -0.2) is 12.1 Å². The molecule has 2 fully saturated rings. The summed E-state index contributed by atoms with van der Waals surface area (Å²) in [4.78, 5) is 21.6. The van der Waals surface area contributed by atoms with Crippen LogP contribution in [0.5, 0.6) is 0 Å². The number of hydrogen-bond donors (Lipinski definition) is 0. The molecule has 2 saturated carbocycles. The predicted molar refractivity (Wildman–Crippen MR) is 49.2 cm³/mol. The number of Topliss-reactive ketones (excluding diaryl/α,β-unsaturated/α-hetero) is 1. The quantitative estimate of drug-likeness (QED) is 0.620. The molecule has 2 aliphatic carbocycles. The predicted octanol–water partition coefficient (Wildman–Crippen LogP) is 1.97. The summed E-state index contributed by atoms with van der Waals surface area (Å²) in [6.45, 7) is 2.20. The van der Waals surface area contributed by atoms with E-state index in [4.69, 9.17) is 0 Å². The van der Waals surface area contributed by atoms with Crippen molar-refractivity contribution in [1.29, 1.82) is 0 Å². The zero-order valence-corrected chi connectivity index (χ0v) is 8.08. The van der Waals surface area contributed by atoms with E-state index < -0.39 is 0 Å². The fourth-order valence-electron chi connectivity index (χ4n) is 2.96. The summed E-state index contributed by atoms with van der Waals surface area (Å²) in [7, 11) is 0. The first-order valence-corrected chi connectivity index (χ1v) is 5.17. The molecule has 0 spiro atoms. The van der Waals surface area contributed by atoms with E-state index in [1.807, 2.05) is 0 Å². The number of ketones is 1. The third-order valence-electron chi connectivity index (χ3n) is 4.04. The molecule has 0 N–H and O–H groups in total. The molecular formula is C11H16O2. The number of rotatable bonds is 4. The Hall–Kier alpha value is -0.660. The van der Waals surface area contributed by atoms with Crippen LogP contribution in [0.15, 0.2) is 0 Å². The van der Waals surface area contributed by atoms with Gasteiger partial charge in [0.1, 0.15) is 12.1 Å². The van der Waals surface area contributed by atoms with E-state index in [1.165, 1.54) is 0 Å². The normalized spacial score (nSPS) is 38.5. The monoisotopic (exact) mass is 180 g/mol. The lowest BCUT2D eigenvalue weighted by Crippen LogP contribution is -2.12. The molecule has 2 heteroatoms. The van der Waals surface area contributed by atoms with E-state index in [1.54, 1.807) is 0 Å². The lowest BCUT2D eigenvalue weighted by atomic mass is 9.85. The van der Waals surface area contributed by atoms with Gasteiger partial charge in [0.2, 0.25) is 0 Å². The molecule has 0 saturated heterocycles. The van der Waals surface area contributed by atoms with Crippen LogP contribution in [0.3, 0.4) is 0 Å². The fraction of sp³-hybridized carbons (Fsp3) is 0.818. The fourth-order valence-corrected chi connectivity index (χ4v) is 2.96. The highest BCUT2D eigenvalue weighted by atomic mass is 16.1. The lowest BCUT2D eigenvalue weighted by Gasteiger charge is -2.19. The second kappa shape index (κ2) is 2.93. The molecule has 2 nitrogen and oxygen atoms in total. The van der Waals surface area contributed by atoms with Crippen LogP contribution >= 0.6 is 0 Å². The smallest absolute Gasteiger partial charge is 0.136 e. The van der Waals surface area contributed by atoms with Crippen LogP contribution in [0.25, 0.3) is 0 Å². The van der Waals surface area contributed by atoms with E-state index in [9.17, 15) is 9.59 Å². The van der Waals surface area contributed by atoms with Gasteiger partial charge in [0.15, 0.2) is 0 Å². The zero-order chi connectivity index (χ0) is 9.47. The molecule has 0 aliphatic heterocycles. The largest absolute Gasteiger partial charge is 0.303 e. The van der Waals surface area contributed by atoms with E-state index in [-0.39, 0.29) is 0 Å². The summed E-state index contributed by atoms with van der Waals surface area (Å²) in [6, 6.07) is 0. The lowest BCUT2D eigenvalue weighted by molar-refractivity contribution is -0.119. The Labute approximate surface area is 78.7 Å². The van der Waals surface area contributed by atoms with Crippen LogP contribution in [0.4, 0.5) is 0 Å². The average Bonchev–Trinajstić information content (AvgIpc) is 2.80. The minimum absolute atomic E-state index is 0.333. The maximum atomic E-state index is 11.3. The molecule has 13 heavy (non-hydrogen) atoms. The number of carbonyl (C=O) groups is 2. The molecule has 3 atom stereocenters. The van der Waals surface area contributed by atoms with E-state index in [0.29, 0.717) is 29.5 Å². The standard InChI is InChI=1S/C11H16O2/c1-8(3-2-6-12)11-5-4-10(13)9(11)7-11/h6,8-9H,2-5,7H2,1H3/t8-,9+,11+/m1/s1. The molecule has 0 heterocycles. The molecule has 2 aliphatic rings. The highest BCUT2D eigenvalue weighted by Crippen LogP contribution is 2.66. The van der Waals surface area contributed by atoms with Crippen molar-refractivity contribution in [2.24, 2.45) is 17.3 Å². The van der Waals surface area contributed by atoms with Crippen molar-refractivity contribution < 1.29 is 9.59 Å². The molecule has 0 unspecified atom stereocenters. The zero-order valence-electron chi connectivity index (χ0n) is 8.08. The van der Waals surface area contributed by atoms with Crippen molar-refractivity contribution in [3.05, 3.63) is 0 Å².